The lowest BCUT2D eigenvalue weighted by Gasteiger charge is -2.02. The van der Waals surface area contributed by atoms with Gasteiger partial charge in [0.25, 0.3) is 0 Å². The SMILES string of the molecule is C=CCNc1ccc(C#N)c(F)c1. The number of halogens is 1. The van der Waals surface area contributed by atoms with Crippen molar-refractivity contribution in [3.8, 4) is 6.07 Å². The molecule has 0 aliphatic rings. The Balaban J connectivity index is 2.84. The Morgan fingerprint density at radius 2 is 2.38 bits per heavy atom. The number of nitriles is 1. The van der Waals surface area contributed by atoms with E-state index < -0.39 is 5.82 Å². The highest BCUT2D eigenvalue weighted by molar-refractivity contribution is 5.48. The third-order valence-electron chi connectivity index (χ3n) is 1.54. The van der Waals surface area contributed by atoms with Crippen LogP contribution in [0.2, 0.25) is 0 Å². The predicted molar refractivity (Wildman–Crippen MR) is 49.8 cm³/mol. The standard InChI is InChI=1S/C10H9FN2/c1-2-5-13-9-4-3-8(7-12)10(11)6-9/h2-4,6,13H,1,5H2. The zero-order valence-electron chi connectivity index (χ0n) is 7.05. The summed E-state index contributed by atoms with van der Waals surface area (Å²) in [6.45, 7) is 4.10. The van der Waals surface area contributed by atoms with E-state index in [0.717, 1.165) is 0 Å². The van der Waals surface area contributed by atoms with Gasteiger partial charge in [-0.2, -0.15) is 5.26 Å². The van der Waals surface area contributed by atoms with Gasteiger partial charge < -0.3 is 5.32 Å². The molecule has 0 saturated carbocycles. The Morgan fingerprint density at radius 3 is 2.92 bits per heavy atom. The summed E-state index contributed by atoms with van der Waals surface area (Å²) in [5.74, 6) is -0.503. The first-order valence-corrected chi connectivity index (χ1v) is 3.82. The van der Waals surface area contributed by atoms with Gasteiger partial charge >= 0.3 is 0 Å². The van der Waals surface area contributed by atoms with Crippen molar-refractivity contribution in [3.63, 3.8) is 0 Å². The van der Waals surface area contributed by atoms with E-state index in [1.54, 1.807) is 18.2 Å². The zero-order valence-corrected chi connectivity index (χ0v) is 7.05. The van der Waals surface area contributed by atoms with Crippen LogP contribution >= 0.6 is 0 Å². The van der Waals surface area contributed by atoms with Crippen LogP contribution in [0, 0.1) is 17.1 Å². The first-order chi connectivity index (χ1) is 6.27. The number of nitrogens with one attached hydrogen (secondary N) is 1. The summed E-state index contributed by atoms with van der Waals surface area (Å²) in [4.78, 5) is 0. The molecule has 1 aromatic carbocycles. The van der Waals surface area contributed by atoms with E-state index in [-0.39, 0.29) is 5.56 Å². The van der Waals surface area contributed by atoms with Crippen LogP contribution in [0.1, 0.15) is 5.56 Å². The Morgan fingerprint density at radius 1 is 1.62 bits per heavy atom. The van der Waals surface area contributed by atoms with Crippen LogP contribution in [0.25, 0.3) is 0 Å². The molecule has 1 rings (SSSR count). The summed E-state index contributed by atoms with van der Waals surface area (Å²) >= 11 is 0. The van der Waals surface area contributed by atoms with E-state index >= 15 is 0 Å². The van der Waals surface area contributed by atoms with Crippen molar-refractivity contribution in [3.05, 3.63) is 42.2 Å². The molecule has 0 heterocycles. The van der Waals surface area contributed by atoms with Gasteiger partial charge in [0.15, 0.2) is 0 Å². The van der Waals surface area contributed by atoms with Gasteiger partial charge in [0.05, 0.1) is 5.56 Å². The molecule has 1 N–H and O–H groups in total. The molecule has 3 heteroatoms. The second-order valence-electron chi connectivity index (χ2n) is 2.48. The monoisotopic (exact) mass is 176 g/mol. The molecule has 0 saturated heterocycles. The van der Waals surface area contributed by atoms with E-state index in [1.165, 1.54) is 12.1 Å². The molecule has 0 aliphatic heterocycles. The molecule has 1 aromatic rings. The number of benzene rings is 1. The van der Waals surface area contributed by atoms with Crippen molar-refractivity contribution in [1.29, 1.82) is 5.26 Å². The van der Waals surface area contributed by atoms with Gasteiger partial charge in [0.1, 0.15) is 11.9 Å². The highest BCUT2D eigenvalue weighted by Crippen LogP contribution is 2.13. The van der Waals surface area contributed by atoms with Crippen LogP contribution in [-0.4, -0.2) is 6.54 Å². The van der Waals surface area contributed by atoms with Crippen LogP contribution in [0.3, 0.4) is 0 Å². The topological polar surface area (TPSA) is 35.8 Å². The van der Waals surface area contributed by atoms with Crippen LogP contribution < -0.4 is 5.32 Å². The van der Waals surface area contributed by atoms with Gasteiger partial charge in [-0.1, -0.05) is 6.08 Å². The van der Waals surface area contributed by atoms with E-state index in [2.05, 4.69) is 11.9 Å². The number of nitrogens with zero attached hydrogens (tertiary/aromatic N) is 1. The number of anilines is 1. The van der Waals surface area contributed by atoms with Gasteiger partial charge in [-0.05, 0) is 18.2 Å². The van der Waals surface area contributed by atoms with Crippen molar-refractivity contribution in [2.24, 2.45) is 0 Å². The number of hydrogen-bond donors (Lipinski definition) is 1. The van der Waals surface area contributed by atoms with Crippen LogP contribution in [-0.2, 0) is 0 Å². The van der Waals surface area contributed by atoms with E-state index in [9.17, 15) is 4.39 Å². The highest BCUT2D eigenvalue weighted by atomic mass is 19.1. The Bertz CT molecular complexity index is 352. The second kappa shape index (κ2) is 4.27. The second-order valence-corrected chi connectivity index (χ2v) is 2.48. The lowest BCUT2D eigenvalue weighted by atomic mass is 10.2. The average Bonchev–Trinajstić information content (AvgIpc) is 2.15. The smallest absolute Gasteiger partial charge is 0.143 e. The molecule has 0 atom stereocenters. The number of rotatable bonds is 3. The first-order valence-electron chi connectivity index (χ1n) is 3.82. The largest absolute Gasteiger partial charge is 0.381 e. The van der Waals surface area contributed by atoms with Crippen LogP contribution in [0.4, 0.5) is 10.1 Å². The van der Waals surface area contributed by atoms with Crippen molar-refractivity contribution >= 4 is 5.69 Å². The van der Waals surface area contributed by atoms with Crippen molar-refractivity contribution in [2.75, 3.05) is 11.9 Å². The van der Waals surface area contributed by atoms with Gasteiger partial charge in [0, 0.05) is 12.2 Å². The minimum atomic E-state index is -0.503. The molecule has 0 aliphatic carbocycles. The molecular weight excluding hydrogens is 167 g/mol. The normalized spacial score (nSPS) is 8.92. The molecular formula is C10H9FN2. The maximum absolute atomic E-state index is 13.0. The summed E-state index contributed by atoms with van der Waals surface area (Å²) in [7, 11) is 0. The summed E-state index contributed by atoms with van der Waals surface area (Å²) in [6.07, 6.45) is 1.68. The quantitative estimate of drug-likeness (QED) is 0.717. The molecule has 0 amide bonds. The Hall–Kier alpha value is -1.82. The van der Waals surface area contributed by atoms with Crippen LogP contribution in [0.15, 0.2) is 30.9 Å². The van der Waals surface area contributed by atoms with Crippen molar-refractivity contribution in [2.45, 2.75) is 0 Å². The summed E-state index contributed by atoms with van der Waals surface area (Å²) in [5.41, 5.74) is 0.709. The Labute approximate surface area is 76.3 Å². The van der Waals surface area contributed by atoms with E-state index in [0.29, 0.717) is 12.2 Å². The number of hydrogen-bond acceptors (Lipinski definition) is 2. The molecule has 2 nitrogen and oxygen atoms in total. The minimum absolute atomic E-state index is 0.0594. The lowest BCUT2D eigenvalue weighted by molar-refractivity contribution is 0.624. The summed E-state index contributed by atoms with van der Waals surface area (Å²) < 4.78 is 13.0. The molecule has 0 spiro atoms. The van der Waals surface area contributed by atoms with Crippen molar-refractivity contribution in [1.82, 2.24) is 0 Å². The molecule has 0 aromatic heterocycles. The maximum Gasteiger partial charge on any atom is 0.143 e. The minimum Gasteiger partial charge on any atom is -0.381 e. The molecule has 0 radical (unpaired) electrons. The molecule has 66 valence electrons. The van der Waals surface area contributed by atoms with E-state index in [4.69, 9.17) is 5.26 Å². The van der Waals surface area contributed by atoms with Gasteiger partial charge in [-0.15, -0.1) is 6.58 Å². The average molecular weight is 176 g/mol. The van der Waals surface area contributed by atoms with Gasteiger partial charge in [-0.25, -0.2) is 4.39 Å². The highest BCUT2D eigenvalue weighted by Gasteiger charge is 2.00. The molecule has 13 heavy (non-hydrogen) atoms. The van der Waals surface area contributed by atoms with Gasteiger partial charge in [-0.3, -0.25) is 0 Å². The molecule has 0 unspecified atom stereocenters. The van der Waals surface area contributed by atoms with Gasteiger partial charge in [0.2, 0.25) is 0 Å². The summed E-state index contributed by atoms with van der Waals surface area (Å²) in [5, 5.41) is 11.4. The third kappa shape index (κ3) is 2.31. The zero-order chi connectivity index (χ0) is 9.68. The predicted octanol–water partition coefficient (Wildman–Crippen LogP) is 2.30. The van der Waals surface area contributed by atoms with E-state index in [1.807, 2.05) is 0 Å². The molecule has 0 fully saturated rings. The molecule has 0 bridgehead atoms. The van der Waals surface area contributed by atoms with Crippen molar-refractivity contribution < 1.29 is 4.39 Å². The summed E-state index contributed by atoms with van der Waals surface area (Å²) in [6, 6.07) is 6.15. The Kier molecular flexibility index (Phi) is 3.04. The maximum atomic E-state index is 13.0. The third-order valence-corrected chi connectivity index (χ3v) is 1.54. The van der Waals surface area contributed by atoms with Crippen LogP contribution in [0.5, 0.6) is 0 Å². The fourth-order valence-electron chi connectivity index (χ4n) is 0.906. The first kappa shape index (κ1) is 9.27. The lowest BCUT2D eigenvalue weighted by Crippen LogP contribution is -1.98. The fourth-order valence-corrected chi connectivity index (χ4v) is 0.906. The fraction of sp³-hybridized carbons (Fsp3) is 0.100.